The molecule has 0 bridgehead atoms. The van der Waals surface area contributed by atoms with Gasteiger partial charge in [0.1, 0.15) is 0 Å². The van der Waals surface area contributed by atoms with E-state index in [9.17, 15) is 4.79 Å². The molecule has 13 heavy (non-hydrogen) atoms. The van der Waals surface area contributed by atoms with Gasteiger partial charge in [-0.3, -0.25) is 9.69 Å². The molecular weight excluding hydrogens is 166 g/mol. The van der Waals surface area contributed by atoms with E-state index in [0.29, 0.717) is 6.04 Å². The summed E-state index contributed by atoms with van der Waals surface area (Å²) in [5, 5.41) is 6.06. The summed E-state index contributed by atoms with van der Waals surface area (Å²) in [5.74, 6) is 0.0581. The highest BCUT2D eigenvalue weighted by atomic mass is 16.1. The molecular formula is C9H19N3O. The lowest BCUT2D eigenvalue weighted by Gasteiger charge is -2.37. The van der Waals surface area contributed by atoms with Gasteiger partial charge >= 0.3 is 0 Å². The van der Waals surface area contributed by atoms with Crippen LogP contribution in [0.5, 0.6) is 0 Å². The first-order chi connectivity index (χ1) is 6.24. The third kappa shape index (κ3) is 3.32. The van der Waals surface area contributed by atoms with Crippen LogP contribution in [0.2, 0.25) is 0 Å². The molecule has 0 unspecified atom stereocenters. The lowest BCUT2D eigenvalue weighted by molar-refractivity contribution is -0.119. The lowest BCUT2D eigenvalue weighted by Crippen LogP contribution is -2.58. The average molecular weight is 185 g/mol. The number of hydrogen-bond donors (Lipinski definition) is 2. The molecule has 1 saturated heterocycles. The number of hydrogen-bond acceptors (Lipinski definition) is 3. The molecule has 2 N–H and O–H groups in total. The fourth-order valence-corrected chi connectivity index (χ4v) is 1.51. The van der Waals surface area contributed by atoms with Crippen molar-refractivity contribution in [2.45, 2.75) is 19.9 Å². The normalized spacial score (nSPS) is 17.2. The molecule has 0 atom stereocenters. The first-order valence-corrected chi connectivity index (χ1v) is 4.93. The van der Waals surface area contributed by atoms with Crippen LogP contribution in [-0.4, -0.2) is 49.6 Å². The van der Waals surface area contributed by atoms with E-state index in [-0.39, 0.29) is 5.91 Å². The Bertz CT molecular complexity index is 168. The van der Waals surface area contributed by atoms with Crippen LogP contribution in [0.15, 0.2) is 0 Å². The molecule has 0 aromatic carbocycles. The number of likely N-dealkylation sites (N-methyl/N-ethyl adjacent to an activating group) is 1. The fraction of sp³-hybridized carbons (Fsp3) is 0.889. The highest BCUT2D eigenvalue weighted by molar-refractivity contribution is 5.72. The standard InChI is InChI=1S/C9H19N3O/c1-3-12(9-6-10-7-9)5-4-11-8(2)13/h9-10H,3-7H2,1-2H3,(H,11,13). The Balaban J connectivity index is 2.12. The van der Waals surface area contributed by atoms with Crippen molar-refractivity contribution < 1.29 is 4.79 Å². The van der Waals surface area contributed by atoms with Crippen molar-refractivity contribution in [1.29, 1.82) is 0 Å². The first-order valence-electron chi connectivity index (χ1n) is 4.93. The van der Waals surface area contributed by atoms with Gasteiger partial charge < -0.3 is 10.6 Å². The summed E-state index contributed by atoms with van der Waals surface area (Å²) in [6.45, 7) is 8.68. The molecule has 0 spiro atoms. The minimum Gasteiger partial charge on any atom is -0.355 e. The Morgan fingerprint density at radius 2 is 2.31 bits per heavy atom. The van der Waals surface area contributed by atoms with Gasteiger partial charge in [0.05, 0.1) is 0 Å². The van der Waals surface area contributed by atoms with Gasteiger partial charge in [0.25, 0.3) is 0 Å². The lowest BCUT2D eigenvalue weighted by atomic mass is 10.1. The zero-order valence-electron chi connectivity index (χ0n) is 8.47. The van der Waals surface area contributed by atoms with Crippen LogP contribution in [0, 0.1) is 0 Å². The van der Waals surface area contributed by atoms with Crippen LogP contribution >= 0.6 is 0 Å². The molecule has 0 saturated carbocycles. The van der Waals surface area contributed by atoms with Crippen LogP contribution in [0.4, 0.5) is 0 Å². The molecule has 0 radical (unpaired) electrons. The minimum atomic E-state index is 0.0581. The van der Waals surface area contributed by atoms with Gasteiger partial charge in [-0.1, -0.05) is 6.92 Å². The number of nitrogens with zero attached hydrogens (tertiary/aromatic N) is 1. The Morgan fingerprint density at radius 1 is 1.62 bits per heavy atom. The second-order valence-electron chi connectivity index (χ2n) is 3.42. The number of amides is 1. The average Bonchev–Trinajstić information content (AvgIpc) is 1.98. The van der Waals surface area contributed by atoms with E-state index in [4.69, 9.17) is 0 Å². The van der Waals surface area contributed by atoms with Gasteiger partial charge in [0.2, 0.25) is 5.91 Å². The van der Waals surface area contributed by atoms with Crippen molar-refractivity contribution in [2.75, 3.05) is 32.7 Å². The van der Waals surface area contributed by atoms with Crippen molar-refractivity contribution in [1.82, 2.24) is 15.5 Å². The SMILES string of the molecule is CCN(CCNC(C)=O)C1CNC1. The first kappa shape index (κ1) is 10.5. The van der Waals surface area contributed by atoms with E-state index < -0.39 is 0 Å². The number of carbonyl (C=O) groups is 1. The summed E-state index contributed by atoms with van der Waals surface area (Å²) in [4.78, 5) is 13.0. The van der Waals surface area contributed by atoms with Crippen molar-refractivity contribution in [2.24, 2.45) is 0 Å². The van der Waals surface area contributed by atoms with Gasteiger partial charge in [-0.15, -0.1) is 0 Å². The van der Waals surface area contributed by atoms with Gasteiger partial charge in [-0.25, -0.2) is 0 Å². The molecule has 1 heterocycles. The highest BCUT2D eigenvalue weighted by Crippen LogP contribution is 2.02. The Kier molecular flexibility index (Phi) is 4.18. The van der Waals surface area contributed by atoms with Crippen LogP contribution in [-0.2, 0) is 4.79 Å². The second kappa shape index (κ2) is 5.19. The molecule has 4 heteroatoms. The Morgan fingerprint density at radius 3 is 2.69 bits per heavy atom. The van der Waals surface area contributed by atoms with Crippen molar-refractivity contribution >= 4 is 5.91 Å². The monoisotopic (exact) mass is 185 g/mol. The summed E-state index contributed by atoms with van der Waals surface area (Å²) in [6, 6.07) is 0.679. The predicted octanol–water partition coefficient (Wildman–Crippen LogP) is -0.584. The van der Waals surface area contributed by atoms with E-state index in [2.05, 4.69) is 22.5 Å². The zero-order valence-corrected chi connectivity index (χ0v) is 8.47. The summed E-state index contributed by atoms with van der Waals surface area (Å²) >= 11 is 0. The van der Waals surface area contributed by atoms with E-state index in [1.807, 2.05) is 0 Å². The van der Waals surface area contributed by atoms with Crippen LogP contribution < -0.4 is 10.6 Å². The van der Waals surface area contributed by atoms with E-state index >= 15 is 0 Å². The molecule has 0 aromatic heterocycles. The smallest absolute Gasteiger partial charge is 0.216 e. The molecule has 0 aromatic rings. The second-order valence-corrected chi connectivity index (χ2v) is 3.42. The third-order valence-corrected chi connectivity index (χ3v) is 2.46. The van der Waals surface area contributed by atoms with Gasteiger partial charge in [-0.05, 0) is 6.54 Å². The molecule has 76 valence electrons. The van der Waals surface area contributed by atoms with Crippen LogP contribution in [0.25, 0.3) is 0 Å². The largest absolute Gasteiger partial charge is 0.355 e. The van der Waals surface area contributed by atoms with Gasteiger partial charge in [-0.2, -0.15) is 0 Å². The molecule has 1 fully saturated rings. The molecule has 1 amide bonds. The molecule has 4 nitrogen and oxygen atoms in total. The minimum absolute atomic E-state index is 0.0581. The highest BCUT2D eigenvalue weighted by Gasteiger charge is 2.22. The molecule has 1 aliphatic heterocycles. The fourth-order valence-electron chi connectivity index (χ4n) is 1.51. The topological polar surface area (TPSA) is 44.4 Å². The third-order valence-electron chi connectivity index (χ3n) is 2.46. The summed E-state index contributed by atoms with van der Waals surface area (Å²) in [6.07, 6.45) is 0. The van der Waals surface area contributed by atoms with Gasteiger partial charge in [0.15, 0.2) is 0 Å². The molecule has 1 rings (SSSR count). The van der Waals surface area contributed by atoms with Crippen LogP contribution in [0.1, 0.15) is 13.8 Å². The maximum Gasteiger partial charge on any atom is 0.216 e. The van der Waals surface area contributed by atoms with Gasteiger partial charge in [0, 0.05) is 39.1 Å². The molecule has 0 aliphatic carbocycles. The maximum absolute atomic E-state index is 10.6. The number of rotatable bonds is 5. The van der Waals surface area contributed by atoms with E-state index in [1.165, 1.54) is 0 Å². The summed E-state index contributed by atoms with van der Waals surface area (Å²) in [7, 11) is 0. The van der Waals surface area contributed by atoms with Crippen molar-refractivity contribution in [3.8, 4) is 0 Å². The van der Waals surface area contributed by atoms with Crippen molar-refractivity contribution in [3.05, 3.63) is 0 Å². The summed E-state index contributed by atoms with van der Waals surface area (Å²) < 4.78 is 0. The summed E-state index contributed by atoms with van der Waals surface area (Å²) in [5.41, 5.74) is 0. The van der Waals surface area contributed by atoms with E-state index in [0.717, 1.165) is 32.7 Å². The number of nitrogens with one attached hydrogen (secondary N) is 2. The zero-order chi connectivity index (χ0) is 9.68. The predicted molar refractivity (Wildman–Crippen MR) is 52.6 cm³/mol. The Labute approximate surface area is 79.7 Å². The maximum atomic E-state index is 10.6. The van der Waals surface area contributed by atoms with Crippen LogP contribution in [0.3, 0.4) is 0 Å². The Hall–Kier alpha value is -0.610. The quantitative estimate of drug-likeness (QED) is 0.602. The van der Waals surface area contributed by atoms with E-state index in [1.54, 1.807) is 6.92 Å². The van der Waals surface area contributed by atoms with Crippen molar-refractivity contribution in [3.63, 3.8) is 0 Å². The number of carbonyl (C=O) groups excluding carboxylic acids is 1. The molecule has 1 aliphatic rings.